The van der Waals surface area contributed by atoms with Crippen molar-refractivity contribution in [1.29, 1.82) is 0 Å². The number of nitrogens with zero attached hydrogens (tertiary/aromatic N) is 1. The fourth-order valence-electron chi connectivity index (χ4n) is 1.69. The zero-order valence-corrected chi connectivity index (χ0v) is 9.21. The number of hydrogen-bond acceptors (Lipinski definition) is 3. The zero-order chi connectivity index (χ0) is 10.7. The first-order chi connectivity index (χ1) is 7.33. The minimum absolute atomic E-state index is 0.678. The summed E-state index contributed by atoms with van der Waals surface area (Å²) in [6.07, 6.45) is 2.26. The number of oxazole rings is 1. The number of nitrogens with one attached hydrogen (secondary N) is 1. The second kappa shape index (κ2) is 4.45. The maximum Gasteiger partial charge on any atom is 0.209 e. The van der Waals surface area contributed by atoms with E-state index >= 15 is 0 Å². The molecular weight excluding hydrogens is 188 g/mol. The van der Waals surface area contributed by atoms with Crippen LogP contribution < -0.4 is 5.32 Å². The second-order valence-corrected chi connectivity index (χ2v) is 3.69. The molecule has 15 heavy (non-hydrogen) atoms. The largest absolute Gasteiger partial charge is 0.439 e. The van der Waals surface area contributed by atoms with E-state index in [0.717, 1.165) is 29.8 Å². The Morgan fingerprint density at radius 1 is 1.40 bits per heavy atom. The summed E-state index contributed by atoms with van der Waals surface area (Å²) in [6.45, 7) is 2.86. The van der Waals surface area contributed by atoms with E-state index in [1.165, 1.54) is 5.56 Å². The van der Waals surface area contributed by atoms with Crippen LogP contribution in [0.2, 0.25) is 0 Å². The molecule has 2 aromatic rings. The van der Waals surface area contributed by atoms with Crippen LogP contribution in [0.3, 0.4) is 0 Å². The quantitative estimate of drug-likeness (QED) is 0.831. The van der Waals surface area contributed by atoms with Gasteiger partial charge in [-0.2, -0.15) is 0 Å². The first kappa shape index (κ1) is 10.2. The first-order valence-electron chi connectivity index (χ1n) is 5.36. The Kier molecular flexibility index (Phi) is 3.02. The maximum absolute atomic E-state index is 5.57. The molecule has 0 saturated heterocycles. The molecule has 2 rings (SSSR count). The van der Waals surface area contributed by atoms with Crippen LogP contribution in [0, 0.1) is 0 Å². The molecule has 1 aromatic heterocycles. The van der Waals surface area contributed by atoms with Crippen LogP contribution in [0.25, 0.3) is 11.1 Å². The standard InChI is InChI=1S/C12H16N2O/c1-3-4-9-5-6-11-10(7-9)14-12(15-11)8-13-2/h5-7,13H,3-4,8H2,1-2H3. The van der Waals surface area contributed by atoms with E-state index in [0.29, 0.717) is 6.54 Å². The predicted octanol–water partition coefficient (Wildman–Crippen LogP) is 2.50. The summed E-state index contributed by atoms with van der Waals surface area (Å²) in [7, 11) is 1.89. The first-order valence-corrected chi connectivity index (χ1v) is 5.36. The van der Waals surface area contributed by atoms with Gasteiger partial charge in [0.2, 0.25) is 5.89 Å². The van der Waals surface area contributed by atoms with Crippen molar-refractivity contribution in [3.8, 4) is 0 Å². The van der Waals surface area contributed by atoms with Gasteiger partial charge in [0, 0.05) is 0 Å². The van der Waals surface area contributed by atoms with Crippen molar-refractivity contribution in [2.75, 3.05) is 7.05 Å². The summed E-state index contributed by atoms with van der Waals surface area (Å²) in [5.74, 6) is 0.751. The van der Waals surface area contributed by atoms with Crippen molar-refractivity contribution in [2.45, 2.75) is 26.3 Å². The highest BCUT2D eigenvalue weighted by atomic mass is 16.3. The van der Waals surface area contributed by atoms with Gasteiger partial charge in [0.15, 0.2) is 5.58 Å². The van der Waals surface area contributed by atoms with Gasteiger partial charge in [-0.05, 0) is 31.2 Å². The highest BCUT2D eigenvalue weighted by Crippen LogP contribution is 2.17. The lowest BCUT2D eigenvalue weighted by molar-refractivity contribution is 0.511. The lowest BCUT2D eigenvalue weighted by Crippen LogP contribution is -2.04. The van der Waals surface area contributed by atoms with E-state index in [-0.39, 0.29) is 0 Å². The van der Waals surface area contributed by atoms with Crippen LogP contribution in [0.5, 0.6) is 0 Å². The van der Waals surface area contributed by atoms with E-state index in [4.69, 9.17) is 4.42 Å². The van der Waals surface area contributed by atoms with E-state index < -0.39 is 0 Å². The Balaban J connectivity index is 2.34. The molecule has 0 amide bonds. The number of fused-ring (bicyclic) bond motifs is 1. The van der Waals surface area contributed by atoms with Gasteiger partial charge in [0.1, 0.15) is 5.52 Å². The van der Waals surface area contributed by atoms with Crippen molar-refractivity contribution in [1.82, 2.24) is 10.3 Å². The number of aryl methyl sites for hydroxylation is 1. The number of aromatic nitrogens is 1. The molecule has 1 N–H and O–H groups in total. The fraction of sp³-hybridized carbons (Fsp3) is 0.417. The van der Waals surface area contributed by atoms with Crippen molar-refractivity contribution < 1.29 is 4.42 Å². The molecule has 0 aliphatic carbocycles. The molecule has 0 unspecified atom stereocenters. The molecule has 3 heteroatoms. The molecule has 0 bridgehead atoms. The van der Waals surface area contributed by atoms with Crippen molar-refractivity contribution >= 4 is 11.1 Å². The average molecular weight is 204 g/mol. The number of rotatable bonds is 4. The minimum atomic E-state index is 0.678. The molecule has 1 heterocycles. The molecule has 3 nitrogen and oxygen atoms in total. The van der Waals surface area contributed by atoms with Crippen LogP contribution in [0.15, 0.2) is 22.6 Å². The lowest BCUT2D eigenvalue weighted by atomic mass is 10.1. The number of benzene rings is 1. The summed E-state index contributed by atoms with van der Waals surface area (Å²) in [5, 5.41) is 3.03. The molecular formula is C12H16N2O. The Labute approximate surface area is 89.5 Å². The van der Waals surface area contributed by atoms with Crippen molar-refractivity contribution in [3.05, 3.63) is 29.7 Å². The molecule has 0 spiro atoms. The van der Waals surface area contributed by atoms with Crippen LogP contribution >= 0.6 is 0 Å². The molecule has 80 valence electrons. The minimum Gasteiger partial charge on any atom is -0.439 e. The SMILES string of the molecule is CCCc1ccc2oc(CNC)nc2c1. The summed E-state index contributed by atoms with van der Waals surface area (Å²) in [4.78, 5) is 4.42. The summed E-state index contributed by atoms with van der Waals surface area (Å²) in [6, 6.07) is 6.23. The van der Waals surface area contributed by atoms with E-state index in [2.05, 4.69) is 29.4 Å². The van der Waals surface area contributed by atoms with Crippen molar-refractivity contribution in [2.24, 2.45) is 0 Å². The predicted molar refractivity (Wildman–Crippen MR) is 60.8 cm³/mol. The van der Waals surface area contributed by atoms with Gasteiger partial charge in [-0.25, -0.2) is 4.98 Å². The maximum atomic E-state index is 5.57. The molecule has 0 saturated carbocycles. The van der Waals surface area contributed by atoms with Gasteiger partial charge in [-0.15, -0.1) is 0 Å². The van der Waals surface area contributed by atoms with Gasteiger partial charge in [-0.1, -0.05) is 19.4 Å². The van der Waals surface area contributed by atoms with Gasteiger partial charge in [-0.3, -0.25) is 0 Å². The average Bonchev–Trinajstić information content (AvgIpc) is 2.60. The van der Waals surface area contributed by atoms with Crippen molar-refractivity contribution in [3.63, 3.8) is 0 Å². The molecule has 1 aromatic carbocycles. The van der Waals surface area contributed by atoms with Crippen LogP contribution in [0.1, 0.15) is 24.8 Å². The Morgan fingerprint density at radius 3 is 3.00 bits per heavy atom. The van der Waals surface area contributed by atoms with E-state index in [1.807, 2.05) is 13.1 Å². The third kappa shape index (κ3) is 2.18. The summed E-state index contributed by atoms with van der Waals surface area (Å²) in [5.41, 5.74) is 3.17. The third-order valence-electron chi connectivity index (χ3n) is 2.36. The van der Waals surface area contributed by atoms with Gasteiger partial charge >= 0.3 is 0 Å². The second-order valence-electron chi connectivity index (χ2n) is 3.69. The Bertz CT molecular complexity index is 444. The molecule has 0 aliphatic rings. The number of hydrogen-bond donors (Lipinski definition) is 1. The monoisotopic (exact) mass is 204 g/mol. The van der Waals surface area contributed by atoms with Crippen LogP contribution in [-0.4, -0.2) is 12.0 Å². The molecule has 0 fully saturated rings. The van der Waals surface area contributed by atoms with Crippen LogP contribution in [0.4, 0.5) is 0 Å². The van der Waals surface area contributed by atoms with Gasteiger partial charge < -0.3 is 9.73 Å². The Hall–Kier alpha value is -1.35. The van der Waals surface area contributed by atoms with Gasteiger partial charge in [0.05, 0.1) is 6.54 Å². The molecule has 0 atom stereocenters. The highest BCUT2D eigenvalue weighted by molar-refractivity contribution is 5.73. The zero-order valence-electron chi connectivity index (χ0n) is 9.21. The van der Waals surface area contributed by atoms with Gasteiger partial charge in [0.25, 0.3) is 0 Å². The summed E-state index contributed by atoms with van der Waals surface area (Å²) < 4.78 is 5.57. The molecule has 0 radical (unpaired) electrons. The normalized spacial score (nSPS) is 11.1. The highest BCUT2D eigenvalue weighted by Gasteiger charge is 2.04. The van der Waals surface area contributed by atoms with E-state index in [9.17, 15) is 0 Å². The Morgan fingerprint density at radius 2 is 2.27 bits per heavy atom. The third-order valence-corrected chi connectivity index (χ3v) is 2.36. The smallest absolute Gasteiger partial charge is 0.209 e. The fourth-order valence-corrected chi connectivity index (χ4v) is 1.69. The lowest BCUT2D eigenvalue weighted by Gasteiger charge is -1.95. The summed E-state index contributed by atoms with van der Waals surface area (Å²) >= 11 is 0. The molecule has 0 aliphatic heterocycles. The van der Waals surface area contributed by atoms with Crippen LogP contribution in [-0.2, 0) is 13.0 Å². The van der Waals surface area contributed by atoms with E-state index in [1.54, 1.807) is 0 Å². The topological polar surface area (TPSA) is 38.1 Å².